The van der Waals surface area contributed by atoms with Crippen LogP contribution in [0.15, 0.2) is 36.5 Å². The average Bonchev–Trinajstić information content (AvgIpc) is 3.07. The summed E-state index contributed by atoms with van der Waals surface area (Å²) in [7, 11) is 0. The molecule has 2 aromatic heterocycles. The number of fused-ring (bicyclic) bond motifs is 1. The van der Waals surface area contributed by atoms with E-state index in [-0.39, 0.29) is 74.1 Å². The first kappa shape index (κ1) is 40.8. The van der Waals surface area contributed by atoms with Crippen LogP contribution in [-0.4, -0.2) is 76.3 Å². The van der Waals surface area contributed by atoms with E-state index in [1.165, 1.54) is 0 Å². The normalized spacial score (nSPS) is 16.2. The number of hydrogen-bond donors (Lipinski definition) is 3. The van der Waals surface area contributed by atoms with E-state index in [4.69, 9.17) is 24.4 Å². The van der Waals surface area contributed by atoms with E-state index in [0.717, 1.165) is 17.2 Å². The zero-order valence-electron chi connectivity index (χ0n) is 27.6. The maximum atomic E-state index is 13.8. The fourth-order valence-corrected chi connectivity index (χ4v) is 5.36. The molecule has 12 nitrogen and oxygen atoms in total. The molecule has 1 aliphatic heterocycles. The predicted octanol–water partition coefficient (Wildman–Crippen LogP) is 6.66. The first-order valence-electron chi connectivity index (χ1n) is 15.8. The lowest BCUT2D eigenvalue weighted by molar-refractivity contribution is -0.143. The van der Waals surface area contributed by atoms with Gasteiger partial charge in [0.05, 0.1) is 66.7 Å². The van der Waals surface area contributed by atoms with E-state index in [1.807, 2.05) is 0 Å². The maximum Gasteiger partial charge on any atom is 0.433 e. The first-order chi connectivity index (χ1) is 24.8. The second kappa shape index (κ2) is 16.8. The largest absolute Gasteiger partial charge is 0.488 e. The summed E-state index contributed by atoms with van der Waals surface area (Å²) in [6.07, 6.45) is -16.3. The molecule has 0 spiro atoms. The van der Waals surface area contributed by atoms with Crippen LogP contribution in [0.1, 0.15) is 66.0 Å². The van der Waals surface area contributed by atoms with Crippen LogP contribution in [0.2, 0.25) is 0 Å². The van der Waals surface area contributed by atoms with Crippen molar-refractivity contribution in [3.63, 3.8) is 0 Å². The number of pyridine rings is 1. The Bertz CT molecular complexity index is 1720. The summed E-state index contributed by atoms with van der Waals surface area (Å²) in [5.74, 6) is -1.75. The van der Waals surface area contributed by atoms with Crippen LogP contribution < -0.4 is 15.0 Å². The number of aliphatic carboxylic acids is 1. The molecule has 1 aromatic carbocycles. The van der Waals surface area contributed by atoms with Gasteiger partial charge in [-0.25, -0.2) is 19.7 Å². The van der Waals surface area contributed by atoms with Gasteiger partial charge in [0.2, 0.25) is 5.95 Å². The number of alkyl halides is 9. The van der Waals surface area contributed by atoms with Crippen molar-refractivity contribution in [1.29, 1.82) is 0 Å². The molecule has 1 amide bonds. The number of benzene rings is 1. The van der Waals surface area contributed by atoms with Crippen LogP contribution in [0.5, 0.6) is 5.75 Å². The van der Waals surface area contributed by atoms with Crippen molar-refractivity contribution in [2.24, 2.45) is 0 Å². The summed E-state index contributed by atoms with van der Waals surface area (Å²) >= 11 is 0. The second-order valence-electron chi connectivity index (χ2n) is 11.5. The highest BCUT2D eigenvalue weighted by molar-refractivity contribution is 5.90. The van der Waals surface area contributed by atoms with E-state index < -0.39 is 84.5 Å². The van der Waals surface area contributed by atoms with Crippen molar-refractivity contribution >= 4 is 23.7 Å². The third kappa shape index (κ3) is 10.8. The lowest BCUT2D eigenvalue weighted by Crippen LogP contribution is -2.46. The summed E-state index contributed by atoms with van der Waals surface area (Å²) in [6.45, 7) is 0.497. The van der Waals surface area contributed by atoms with Crippen molar-refractivity contribution in [3.05, 3.63) is 70.3 Å². The SMILES string of the molecule is CC[C@@H]1C[C@H](Nc2ncc(OCCOCCO)c(Cc3cc(C(F)(F)F)cc(C(F)(F)F)c3)n2)c2nc(C(F)(F)F)ccc2N1C(=O)OCCC(=O)O. The van der Waals surface area contributed by atoms with Crippen LogP contribution in [0, 0.1) is 0 Å². The van der Waals surface area contributed by atoms with Gasteiger partial charge in [0.1, 0.15) is 18.9 Å². The van der Waals surface area contributed by atoms with Gasteiger partial charge in [-0.15, -0.1) is 0 Å². The summed E-state index contributed by atoms with van der Waals surface area (Å²) in [5.41, 5.74) is -5.55. The molecule has 0 aliphatic carbocycles. The van der Waals surface area contributed by atoms with E-state index >= 15 is 0 Å². The van der Waals surface area contributed by atoms with Gasteiger partial charge in [0, 0.05) is 12.5 Å². The Morgan fingerprint density at radius 2 is 1.60 bits per heavy atom. The minimum absolute atomic E-state index is 0.0372. The first-order valence-corrected chi connectivity index (χ1v) is 15.8. The lowest BCUT2D eigenvalue weighted by Gasteiger charge is -2.39. The quantitative estimate of drug-likeness (QED) is 0.119. The summed E-state index contributed by atoms with van der Waals surface area (Å²) in [4.78, 5) is 37.2. The van der Waals surface area contributed by atoms with E-state index in [9.17, 15) is 49.1 Å². The number of carboxylic acids is 1. The zero-order chi connectivity index (χ0) is 39.1. The number of ether oxygens (including phenoxy) is 3. The van der Waals surface area contributed by atoms with Gasteiger partial charge in [0.25, 0.3) is 0 Å². The van der Waals surface area contributed by atoms with Gasteiger partial charge < -0.3 is 29.7 Å². The maximum absolute atomic E-state index is 13.8. The minimum atomic E-state index is -5.14. The Labute approximate surface area is 294 Å². The Morgan fingerprint density at radius 1 is 0.925 bits per heavy atom. The topological polar surface area (TPSA) is 156 Å². The standard InChI is InChI=1S/C32H32F9N5O7/c1-2-20-15-22(27-23(3-4-25(45-27)32(39,40)41)46(20)29(50)53-7-5-26(48)49)44-28-42-16-24(52-10-9-51-8-6-47)21(43-28)13-17-11-18(30(33,34)35)14-19(12-17)31(36,37)38/h3-4,11-12,14,16,20,22,47H,2,5-10,13,15H2,1H3,(H,48,49)(H,42,43,44)/t20-,22+/m1/s1. The highest BCUT2D eigenvalue weighted by Crippen LogP contribution is 2.42. The number of carbonyl (C=O) groups is 2. The number of nitrogens with zero attached hydrogens (tertiary/aromatic N) is 4. The van der Waals surface area contributed by atoms with Gasteiger partial charge >= 0.3 is 30.6 Å². The number of amides is 1. The number of nitrogens with one attached hydrogen (secondary N) is 1. The molecular weight excluding hydrogens is 737 g/mol. The number of carbonyl (C=O) groups excluding carboxylic acids is 1. The Morgan fingerprint density at radius 3 is 2.19 bits per heavy atom. The number of aliphatic hydroxyl groups is 1. The highest BCUT2D eigenvalue weighted by Gasteiger charge is 2.41. The molecule has 0 bridgehead atoms. The number of aliphatic hydroxyl groups excluding tert-OH is 1. The van der Waals surface area contributed by atoms with Crippen LogP contribution in [0.25, 0.3) is 0 Å². The van der Waals surface area contributed by atoms with E-state index in [0.29, 0.717) is 18.2 Å². The van der Waals surface area contributed by atoms with Gasteiger partial charge in [-0.1, -0.05) is 6.92 Å². The monoisotopic (exact) mass is 769 g/mol. The highest BCUT2D eigenvalue weighted by atomic mass is 19.4. The number of hydrogen-bond acceptors (Lipinski definition) is 10. The molecule has 0 fully saturated rings. The second-order valence-corrected chi connectivity index (χ2v) is 11.5. The van der Waals surface area contributed by atoms with Crippen LogP contribution in [0.3, 0.4) is 0 Å². The van der Waals surface area contributed by atoms with Gasteiger partial charge in [-0.3, -0.25) is 9.69 Å². The number of aromatic nitrogens is 3. The molecule has 0 radical (unpaired) electrons. The molecule has 0 saturated heterocycles. The number of anilines is 2. The summed E-state index contributed by atoms with van der Waals surface area (Å²) in [5, 5.41) is 20.6. The Hall–Kier alpha value is -4.92. The molecule has 0 unspecified atom stereocenters. The minimum Gasteiger partial charge on any atom is -0.488 e. The third-order valence-electron chi connectivity index (χ3n) is 7.74. The molecule has 0 saturated carbocycles. The predicted molar refractivity (Wildman–Crippen MR) is 165 cm³/mol. The zero-order valence-corrected chi connectivity index (χ0v) is 27.6. The van der Waals surface area contributed by atoms with Crippen molar-refractivity contribution < 1.29 is 73.5 Å². The number of rotatable bonds is 14. The summed E-state index contributed by atoms with van der Waals surface area (Å²) < 4.78 is 139. The fourth-order valence-electron chi connectivity index (χ4n) is 5.36. The molecular formula is C32H32F9N5O7. The molecule has 3 aromatic rings. The van der Waals surface area contributed by atoms with Crippen LogP contribution in [0.4, 0.5) is 55.9 Å². The molecule has 21 heteroatoms. The smallest absolute Gasteiger partial charge is 0.433 e. The Balaban J connectivity index is 1.75. The van der Waals surface area contributed by atoms with Gasteiger partial charge in [-0.2, -0.15) is 39.5 Å². The molecule has 1 aliphatic rings. The van der Waals surface area contributed by atoms with Crippen molar-refractivity contribution in [3.8, 4) is 5.75 Å². The Kier molecular flexibility index (Phi) is 13.0. The molecule has 3 N–H and O–H groups in total. The molecule has 4 rings (SSSR count). The van der Waals surface area contributed by atoms with Gasteiger partial charge in [-0.05, 0) is 48.7 Å². The lowest BCUT2D eigenvalue weighted by atomic mass is 9.93. The molecule has 3 heterocycles. The molecule has 290 valence electrons. The number of halogens is 9. The van der Waals surface area contributed by atoms with E-state index in [2.05, 4.69) is 20.3 Å². The molecule has 53 heavy (non-hydrogen) atoms. The van der Waals surface area contributed by atoms with Crippen molar-refractivity contribution in [2.45, 2.75) is 63.2 Å². The van der Waals surface area contributed by atoms with Gasteiger partial charge in [0.15, 0.2) is 5.75 Å². The third-order valence-corrected chi connectivity index (χ3v) is 7.74. The number of carboxylic acid groups (broad SMARTS) is 1. The van der Waals surface area contributed by atoms with Crippen LogP contribution in [-0.2, 0) is 39.2 Å². The summed E-state index contributed by atoms with van der Waals surface area (Å²) in [6, 6.07) is 0.725. The molecule has 2 atom stereocenters. The fraction of sp³-hybridized carbons (Fsp3) is 0.469. The van der Waals surface area contributed by atoms with Crippen molar-refractivity contribution in [2.75, 3.05) is 43.3 Å². The van der Waals surface area contributed by atoms with Crippen molar-refractivity contribution in [1.82, 2.24) is 15.0 Å². The van der Waals surface area contributed by atoms with E-state index in [1.54, 1.807) is 6.92 Å². The average molecular weight is 770 g/mol. The van der Waals surface area contributed by atoms with Crippen LogP contribution >= 0.6 is 0 Å².